The number of ether oxygens (including phenoxy) is 3. The van der Waals surface area contributed by atoms with Crippen molar-refractivity contribution in [1.29, 1.82) is 0 Å². The minimum atomic E-state index is -0.840. The molecule has 7 heteroatoms. The first-order chi connectivity index (χ1) is 9.87. The predicted octanol–water partition coefficient (Wildman–Crippen LogP) is 1.58. The summed E-state index contributed by atoms with van der Waals surface area (Å²) in [5.41, 5.74) is -1.24. The Morgan fingerprint density at radius 1 is 1.14 bits per heavy atom. The molecule has 1 aliphatic rings. The minimum Gasteiger partial charge on any atom is -0.460 e. The second-order valence-corrected chi connectivity index (χ2v) is 7.42. The Hall–Kier alpha value is -1.34. The van der Waals surface area contributed by atoms with Gasteiger partial charge in [-0.3, -0.25) is 10.1 Å². The largest absolute Gasteiger partial charge is 0.460 e. The fourth-order valence-electron chi connectivity index (χ4n) is 2.04. The number of rotatable bonds is 3. The smallest absolute Gasteiger partial charge is 0.409 e. The number of carbonyl (C=O) groups is 2. The van der Waals surface area contributed by atoms with E-state index in [2.05, 4.69) is 5.32 Å². The van der Waals surface area contributed by atoms with E-state index < -0.39 is 41.5 Å². The molecule has 0 unspecified atom stereocenters. The second kappa shape index (κ2) is 6.83. The Morgan fingerprint density at radius 3 is 2.18 bits per heavy atom. The van der Waals surface area contributed by atoms with Crippen LogP contribution < -0.4 is 5.32 Å². The molecule has 128 valence electrons. The molecule has 7 nitrogen and oxygen atoms in total. The van der Waals surface area contributed by atoms with Crippen molar-refractivity contribution < 1.29 is 28.9 Å². The molecule has 3 atom stereocenters. The van der Waals surface area contributed by atoms with Crippen LogP contribution in [0.25, 0.3) is 0 Å². The van der Waals surface area contributed by atoms with Crippen molar-refractivity contribution in [2.75, 3.05) is 6.61 Å². The lowest BCUT2D eigenvalue weighted by molar-refractivity contribution is -0.157. The van der Waals surface area contributed by atoms with E-state index in [1.807, 2.05) is 0 Å². The summed E-state index contributed by atoms with van der Waals surface area (Å²) < 4.78 is 15.7. The van der Waals surface area contributed by atoms with E-state index in [0.29, 0.717) is 0 Å². The number of alkyl carbamates (subject to hydrolysis) is 1. The highest BCUT2D eigenvalue weighted by molar-refractivity contribution is 5.71. The van der Waals surface area contributed by atoms with Crippen LogP contribution in [0, 0.1) is 5.92 Å². The van der Waals surface area contributed by atoms with Crippen LogP contribution in [0.3, 0.4) is 0 Å². The monoisotopic (exact) mass is 317 g/mol. The first-order valence-corrected chi connectivity index (χ1v) is 7.38. The maximum Gasteiger partial charge on any atom is 0.409 e. The number of hydrogen-bond donors (Lipinski definition) is 2. The van der Waals surface area contributed by atoms with Crippen molar-refractivity contribution in [2.45, 2.75) is 71.5 Å². The number of aliphatic hydroxyl groups excluding tert-OH is 1. The van der Waals surface area contributed by atoms with Crippen molar-refractivity contribution >= 4 is 12.1 Å². The molecular formula is C15H27NO6. The number of nitrogens with one attached hydrogen (secondary N) is 1. The van der Waals surface area contributed by atoms with Crippen LogP contribution in [0.15, 0.2) is 0 Å². The molecule has 0 aromatic heterocycles. The summed E-state index contributed by atoms with van der Waals surface area (Å²) in [6.45, 7) is 10.6. The molecule has 0 spiro atoms. The summed E-state index contributed by atoms with van der Waals surface area (Å²) in [4.78, 5) is 23.7. The first kappa shape index (κ1) is 18.7. The second-order valence-electron chi connectivity index (χ2n) is 7.42. The summed E-state index contributed by atoms with van der Waals surface area (Å²) >= 11 is 0. The molecule has 1 saturated heterocycles. The molecule has 1 fully saturated rings. The average Bonchev–Trinajstić information content (AvgIpc) is 2.56. The highest BCUT2D eigenvalue weighted by Crippen LogP contribution is 2.25. The van der Waals surface area contributed by atoms with Crippen molar-refractivity contribution in [3.63, 3.8) is 0 Å². The molecule has 0 aromatic carbocycles. The van der Waals surface area contributed by atoms with E-state index in [1.54, 1.807) is 41.5 Å². The van der Waals surface area contributed by atoms with Gasteiger partial charge >= 0.3 is 12.1 Å². The standard InChI is InChI=1S/C15H27NO6/c1-14(2,3)21-11(18)7-9-10(17)8-20-12(9)16-13(19)22-15(4,5)6/h9-10,12,17H,7-8H2,1-6H3,(H,16,19)/t9-,10-,12+/m1/s1. The van der Waals surface area contributed by atoms with Crippen LogP contribution in [0.1, 0.15) is 48.0 Å². The van der Waals surface area contributed by atoms with E-state index in [9.17, 15) is 14.7 Å². The van der Waals surface area contributed by atoms with Crippen LogP contribution in [-0.2, 0) is 19.0 Å². The predicted molar refractivity (Wildman–Crippen MR) is 79.1 cm³/mol. The number of aliphatic hydroxyl groups is 1. The van der Waals surface area contributed by atoms with Gasteiger partial charge in [-0.05, 0) is 41.5 Å². The number of hydrogen-bond acceptors (Lipinski definition) is 6. The molecule has 1 amide bonds. The van der Waals surface area contributed by atoms with Gasteiger partial charge in [-0.2, -0.15) is 0 Å². The van der Waals surface area contributed by atoms with Crippen molar-refractivity contribution in [1.82, 2.24) is 5.32 Å². The highest BCUT2D eigenvalue weighted by Gasteiger charge is 2.40. The zero-order chi connectivity index (χ0) is 17.1. The molecule has 0 aliphatic carbocycles. The van der Waals surface area contributed by atoms with Gasteiger partial charge in [0.15, 0.2) is 0 Å². The summed E-state index contributed by atoms with van der Waals surface area (Å²) in [5, 5.41) is 12.5. The van der Waals surface area contributed by atoms with E-state index in [-0.39, 0.29) is 13.0 Å². The van der Waals surface area contributed by atoms with Crippen molar-refractivity contribution in [3.05, 3.63) is 0 Å². The molecule has 22 heavy (non-hydrogen) atoms. The van der Waals surface area contributed by atoms with Gasteiger partial charge < -0.3 is 19.3 Å². The topological polar surface area (TPSA) is 94.1 Å². The van der Waals surface area contributed by atoms with E-state index >= 15 is 0 Å². The fourth-order valence-corrected chi connectivity index (χ4v) is 2.04. The number of amides is 1. The van der Waals surface area contributed by atoms with Gasteiger partial charge in [-0.15, -0.1) is 0 Å². The van der Waals surface area contributed by atoms with Gasteiger partial charge in [0.1, 0.15) is 17.4 Å². The molecule has 2 N–H and O–H groups in total. The molecule has 0 saturated carbocycles. The summed E-state index contributed by atoms with van der Waals surface area (Å²) in [6, 6.07) is 0. The van der Waals surface area contributed by atoms with Gasteiger partial charge in [-0.25, -0.2) is 4.79 Å². The Morgan fingerprint density at radius 2 is 1.68 bits per heavy atom. The van der Waals surface area contributed by atoms with Gasteiger partial charge in [0, 0.05) is 5.92 Å². The Bertz CT molecular complexity index is 409. The maximum absolute atomic E-state index is 11.9. The quantitative estimate of drug-likeness (QED) is 0.768. The highest BCUT2D eigenvalue weighted by atomic mass is 16.6. The lowest BCUT2D eigenvalue weighted by Gasteiger charge is -2.25. The lowest BCUT2D eigenvalue weighted by atomic mass is 9.99. The van der Waals surface area contributed by atoms with Crippen LogP contribution in [0.5, 0.6) is 0 Å². The summed E-state index contributed by atoms with van der Waals surface area (Å²) in [7, 11) is 0. The Labute approximate surface area is 131 Å². The lowest BCUT2D eigenvalue weighted by Crippen LogP contribution is -2.44. The van der Waals surface area contributed by atoms with Crippen LogP contribution in [-0.4, -0.2) is 47.3 Å². The van der Waals surface area contributed by atoms with Crippen LogP contribution >= 0.6 is 0 Å². The Kier molecular flexibility index (Phi) is 5.81. The van der Waals surface area contributed by atoms with Crippen molar-refractivity contribution in [3.8, 4) is 0 Å². The first-order valence-electron chi connectivity index (χ1n) is 7.38. The summed E-state index contributed by atoms with van der Waals surface area (Å²) in [6.07, 6.45) is -2.32. The molecule has 1 rings (SSSR count). The normalized spacial score (nSPS) is 25.7. The minimum absolute atomic E-state index is 0.0428. The Balaban J connectivity index is 2.60. The summed E-state index contributed by atoms with van der Waals surface area (Å²) in [5.74, 6) is -1.01. The molecule has 0 aromatic rings. The van der Waals surface area contributed by atoms with Gasteiger partial charge in [-0.1, -0.05) is 0 Å². The maximum atomic E-state index is 11.9. The molecule has 1 heterocycles. The van der Waals surface area contributed by atoms with Crippen LogP contribution in [0.2, 0.25) is 0 Å². The third-order valence-electron chi connectivity index (χ3n) is 2.81. The zero-order valence-corrected chi connectivity index (χ0v) is 14.1. The number of carbonyl (C=O) groups excluding carboxylic acids is 2. The van der Waals surface area contributed by atoms with E-state index in [1.165, 1.54) is 0 Å². The van der Waals surface area contributed by atoms with Gasteiger partial charge in [0.2, 0.25) is 0 Å². The third kappa shape index (κ3) is 6.62. The van der Waals surface area contributed by atoms with Crippen molar-refractivity contribution in [2.24, 2.45) is 5.92 Å². The number of esters is 1. The average molecular weight is 317 g/mol. The zero-order valence-electron chi connectivity index (χ0n) is 14.1. The third-order valence-corrected chi connectivity index (χ3v) is 2.81. The van der Waals surface area contributed by atoms with Gasteiger partial charge in [0.25, 0.3) is 0 Å². The van der Waals surface area contributed by atoms with Gasteiger partial charge in [0.05, 0.1) is 19.1 Å². The SMILES string of the molecule is CC(C)(C)OC(=O)C[C@@H]1[C@H](O)CO[C@@H]1NC(=O)OC(C)(C)C. The fraction of sp³-hybridized carbons (Fsp3) is 0.867. The molecule has 1 aliphatic heterocycles. The molecular weight excluding hydrogens is 290 g/mol. The molecule has 0 bridgehead atoms. The van der Waals surface area contributed by atoms with E-state index in [4.69, 9.17) is 14.2 Å². The van der Waals surface area contributed by atoms with Crippen LogP contribution in [0.4, 0.5) is 4.79 Å². The van der Waals surface area contributed by atoms with E-state index in [0.717, 1.165) is 0 Å². The molecule has 0 radical (unpaired) electrons.